The normalized spacial score (nSPS) is 11.4. The fourth-order valence-electron chi connectivity index (χ4n) is 1.86. The number of primary sulfonamides is 1. The van der Waals surface area contributed by atoms with Gasteiger partial charge in [-0.25, -0.2) is 13.6 Å². The fraction of sp³-hybridized carbons (Fsp3) is 0.273. The molecule has 0 saturated heterocycles. The minimum absolute atomic E-state index is 0.0825. The summed E-state index contributed by atoms with van der Waals surface area (Å²) in [5.74, 6) is 0.668. The van der Waals surface area contributed by atoms with E-state index >= 15 is 0 Å². The van der Waals surface area contributed by atoms with Crippen LogP contribution in [0.2, 0.25) is 0 Å². The minimum Gasteiger partial charge on any atom is -0.366 e. The van der Waals surface area contributed by atoms with Crippen LogP contribution >= 0.6 is 0 Å². The molecule has 10 nitrogen and oxygen atoms in total. The molecule has 0 aliphatic carbocycles. The van der Waals surface area contributed by atoms with Gasteiger partial charge in [0.05, 0.1) is 17.2 Å². The van der Waals surface area contributed by atoms with Crippen molar-refractivity contribution in [2.75, 3.05) is 11.9 Å². The van der Waals surface area contributed by atoms with Crippen LogP contribution in [0.3, 0.4) is 0 Å². The lowest BCUT2D eigenvalue weighted by molar-refractivity contribution is -0.384. The van der Waals surface area contributed by atoms with Crippen LogP contribution in [0.25, 0.3) is 0 Å². The van der Waals surface area contributed by atoms with E-state index in [0.717, 1.165) is 18.2 Å². The molecular formula is C11H13N5O5S. The van der Waals surface area contributed by atoms with Gasteiger partial charge in [0.25, 0.3) is 5.69 Å². The molecule has 118 valence electrons. The van der Waals surface area contributed by atoms with Crippen LogP contribution in [-0.2, 0) is 16.6 Å². The van der Waals surface area contributed by atoms with Crippen molar-refractivity contribution in [2.45, 2.75) is 18.4 Å². The quantitative estimate of drug-likeness (QED) is 0.619. The number of hydrogen-bond acceptors (Lipinski definition) is 8. The van der Waals surface area contributed by atoms with Gasteiger partial charge in [-0.05, 0) is 6.07 Å². The molecule has 0 aliphatic rings. The summed E-state index contributed by atoms with van der Waals surface area (Å²) in [4.78, 5) is 15.5. The number of anilines is 1. The molecule has 1 aromatic carbocycles. The van der Waals surface area contributed by atoms with Gasteiger partial charge < -0.3 is 9.42 Å². The summed E-state index contributed by atoms with van der Waals surface area (Å²) in [7, 11) is -2.50. The highest BCUT2D eigenvalue weighted by Gasteiger charge is 2.21. The van der Waals surface area contributed by atoms with E-state index in [4.69, 9.17) is 9.66 Å². The maximum absolute atomic E-state index is 11.6. The molecule has 0 unspecified atom stereocenters. The zero-order valence-electron chi connectivity index (χ0n) is 11.8. The van der Waals surface area contributed by atoms with Gasteiger partial charge in [0.15, 0.2) is 5.82 Å². The molecule has 0 radical (unpaired) electrons. The van der Waals surface area contributed by atoms with Crippen LogP contribution in [0.1, 0.15) is 11.7 Å². The highest BCUT2D eigenvalue weighted by molar-refractivity contribution is 7.89. The van der Waals surface area contributed by atoms with Gasteiger partial charge in [-0.3, -0.25) is 10.1 Å². The van der Waals surface area contributed by atoms with Gasteiger partial charge >= 0.3 is 0 Å². The van der Waals surface area contributed by atoms with Crippen molar-refractivity contribution in [3.05, 3.63) is 40.0 Å². The van der Waals surface area contributed by atoms with Gasteiger partial charge in [0.2, 0.25) is 15.9 Å². The molecule has 0 saturated carbocycles. The first-order chi connectivity index (χ1) is 10.2. The Morgan fingerprint density at radius 1 is 1.45 bits per heavy atom. The number of rotatable bonds is 5. The van der Waals surface area contributed by atoms with E-state index < -0.39 is 14.9 Å². The number of nitro benzene ring substituents is 1. The largest absolute Gasteiger partial charge is 0.366 e. The lowest BCUT2D eigenvalue weighted by atomic mass is 10.2. The first-order valence-electron chi connectivity index (χ1n) is 6.00. The van der Waals surface area contributed by atoms with E-state index in [-0.39, 0.29) is 22.8 Å². The molecule has 0 bridgehead atoms. The summed E-state index contributed by atoms with van der Waals surface area (Å²) < 4.78 is 28.1. The number of hydrogen-bond donors (Lipinski definition) is 1. The smallest absolute Gasteiger partial charge is 0.271 e. The molecule has 0 spiro atoms. The highest BCUT2D eigenvalue weighted by Crippen LogP contribution is 2.29. The van der Waals surface area contributed by atoms with Crippen molar-refractivity contribution in [2.24, 2.45) is 5.14 Å². The molecule has 1 heterocycles. The monoisotopic (exact) mass is 327 g/mol. The van der Waals surface area contributed by atoms with Crippen molar-refractivity contribution in [1.82, 2.24) is 10.1 Å². The van der Waals surface area contributed by atoms with Crippen LogP contribution in [0.5, 0.6) is 0 Å². The maximum Gasteiger partial charge on any atom is 0.271 e. The van der Waals surface area contributed by atoms with E-state index in [2.05, 4.69) is 10.1 Å². The number of non-ortho nitro benzene ring substituents is 1. The summed E-state index contributed by atoms with van der Waals surface area (Å²) in [5, 5.41) is 19.7. The predicted molar refractivity (Wildman–Crippen MR) is 75.6 cm³/mol. The first kappa shape index (κ1) is 15.9. The Morgan fingerprint density at radius 2 is 2.14 bits per heavy atom. The Hall–Kier alpha value is -2.53. The Kier molecular flexibility index (Phi) is 4.10. The van der Waals surface area contributed by atoms with Gasteiger partial charge in [0.1, 0.15) is 4.90 Å². The van der Waals surface area contributed by atoms with Gasteiger partial charge in [-0.1, -0.05) is 5.16 Å². The fourth-order valence-corrected chi connectivity index (χ4v) is 2.63. The molecule has 2 rings (SSSR count). The third-order valence-electron chi connectivity index (χ3n) is 2.82. The Morgan fingerprint density at radius 3 is 2.64 bits per heavy atom. The second-order valence-corrected chi connectivity index (χ2v) is 6.07. The van der Waals surface area contributed by atoms with Crippen molar-refractivity contribution >= 4 is 21.4 Å². The van der Waals surface area contributed by atoms with Crippen molar-refractivity contribution in [1.29, 1.82) is 0 Å². The minimum atomic E-state index is -4.04. The van der Waals surface area contributed by atoms with E-state index in [1.54, 1.807) is 14.0 Å². The number of nitrogens with zero attached hydrogens (tertiary/aromatic N) is 4. The van der Waals surface area contributed by atoms with Crippen LogP contribution in [0, 0.1) is 17.0 Å². The number of nitrogens with two attached hydrogens (primary N) is 1. The Labute approximate surface area is 125 Å². The van der Waals surface area contributed by atoms with Crippen molar-refractivity contribution < 1.29 is 17.9 Å². The van der Waals surface area contributed by atoms with Crippen LogP contribution in [0.15, 0.2) is 27.6 Å². The molecule has 2 aromatic rings. The SMILES string of the molecule is Cc1nc(CN(C)c2cc([N+](=O)[O-])ccc2S(N)(=O)=O)no1. The van der Waals surface area contributed by atoms with Gasteiger partial charge in [-0.2, -0.15) is 4.98 Å². The predicted octanol–water partition coefficient (Wildman–Crippen LogP) is 0.570. The summed E-state index contributed by atoms with van der Waals surface area (Å²) >= 11 is 0. The average molecular weight is 327 g/mol. The van der Waals surface area contributed by atoms with E-state index in [0.29, 0.717) is 11.7 Å². The molecule has 22 heavy (non-hydrogen) atoms. The number of aryl methyl sites for hydroxylation is 1. The third kappa shape index (κ3) is 3.38. The number of benzene rings is 1. The zero-order valence-corrected chi connectivity index (χ0v) is 12.6. The molecule has 2 N–H and O–H groups in total. The second kappa shape index (κ2) is 5.69. The summed E-state index contributed by atoms with van der Waals surface area (Å²) in [6.45, 7) is 1.71. The molecule has 0 atom stereocenters. The lowest BCUT2D eigenvalue weighted by Crippen LogP contribution is -2.22. The summed E-state index contributed by atoms with van der Waals surface area (Å²) in [5.41, 5.74) is -0.169. The summed E-state index contributed by atoms with van der Waals surface area (Å²) in [6, 6.07) is 3.31. The van der Waals surface area contributed by atoms with E-state index in [1.807, 2.05) is 0 Å². The maximum atomic E-state index is 11.6. The van der Waals surface area contributed by atoms with E-state index in [9.17, 15) is 18.5 Å². The average Bonchev–Trinajstić information content (AvgIpc) is 2.82. The number of sulfonamides is 1. The van der Waals surface area contributed by atoms with Crippen LogP contribution < -0.4 is 10.0 Å². The highest BCUT2D eigenvalue weighted by atomic mass is 32.2. The molecule has 0 fully saturated rings. The van der Waals surface area contributed by atoms with Crippen molar-refractivity contribution in [3.63, 3.8) is 0 Å². The van der Waals surface area contributed by atoms with Crippen LogP contribution in [0.4, 0.5) is 11.4 Å². The third-order valence-corrected chi connectivity index (χ3v) is 3.78. The second-order valence-electron chi connectivity index (χ2n) is 4.54. The topological polar surface area (TPSA) is 145 Å². The Bertz CT molecular complexity index is 816. The first-order valence-corrected chi connectivity index (χ1v) is 7.54. The molecular weight excluding hydrogens is 314 g/mol. The van der Waals surface area contributed by atoms with Crippen molar-refractivity contribution in [3.8, 4) is 0 Å². The standard InChI is InChI=1S/C11H13N5O5S/c1-7-13-11(14-21-7)6-15(2)9-5-8(16(17)18)3-4-10(9)22(12,19)20/h3-5H,6H2,1-2H3,(H2,12,19,20). The molecule has 1 aromatic heterocycles. The zero-order chi connectivity index (χ0) is 16.5. The molecule has 0 aliphatic heterocycles. The Balaban J connectivity index is 2.45. The molecule has 0 amide bonds. The number of aromatic nitrogens is 2. The van der Waals surface area contributed by atoms with Gasteiger partial charge in [-0.15, -0.1) is 0 Å². The lowest BCUT2D eigenvalue weighted by Gasteiger charge is -2.19. The number of nitro groups is 1. The van der Waals surface area contributed by atoms with Crippen LogP contribution in [-0.4, -0.2) is 30.5 Å². The molecule has 11 heteroatoms. The van der Waals surface area contributed by atoms with E-state index in [1.165, 1.54) is 4.90 Å². The summed E-state index contributed by atoms with van der Waals surface area (Å²) in [6.07, 6.45) is 0. The van der Waals surface area contributed by atoms with Gasteiger partial charge in [0, 0.05) is 26.1 Å².